The number of halogens is 3. The molecule has 1 rings (SSSR count). The molecule has 0 bridgehead atoms. The van der Waals surface area contributed by atoms with Crippen LogP contribution in [0.5, 0.6) is 0 Å². The van der Waals surface area contributed by atoms with Crippen molar-refractivity contribution >= 4 is 17.6 Å². The predicted octanol–water partition coefficient (Wildman–Crippen LogP) is 3.08. The van der Waals surface area contributed by atoms with Crippen molar-refractivity contribution in [3.63, 3.8) is 0 Å². The highest BCUT2D eigenvalue weighted by Gasteiger charge is 2.40. The molecule has 0 atom stereocenters. The van der Waals surface area contributed by atoms with Gasteiger partial charge in [-0.05, 0) is 24.6 Å². The first-order valence-electron chi connectivity index (χ1n) is 4.75. The molecule has 1 aromatic rings. The summed E-state index contributed by atoms with van der Waals surface area (Å²) in [6, 6.07) is 5.90. The zero-order valence-electron chi connectivity index (χ0n) is 8.67. The maximum Gasteiger partial charge on any atom is 0.377 e. The monoisotopic (exact) mass is 248 g/mol. The number of ether oxygens (including phenoxy) is 1. The molecule has 0 aliphatic rings. The van der Waals surface area contributed by atoms with Gasteiger partial charge in [0.1, 0.15) is 0 Å². The van der Waals surface area contributed by atoms with Gasteiger partial charge in [0.05, 0.1) is 6.61 Å². The Hall–Kier alpha value is -1.16. The fourth-order valence-corrected chi connectivity index (χ4v) is 1.29. The average molecular weight is 249 g/mol. The van der Waals surface area contributed by atoms with Crippen molar-refractivity contribution in [2.24, 2.45) is 0 Å². The summed E-state index contributed by atoms with van der Waals surface area (Å²) < 4.78 is 30.9. The summed E-state index contributed by atoms with van der Waals surface area (Å²) in [6.45, 7) is 1.42. The van der Waals surface area contributed by atoms with E-state index in [1.807, 2.05) is 0 Å². The van der Waals surface area contributed by atoms with Crippen LogP contribution in [0.15, 0.2) is 24.3 Å². The summed E-state index contributed by atoms with van der Waals surface area (Å²) in [5.74, 6) is -4.99. The zero-order chi connectivity index (χ0) is 12.2. The average Bonchev–Trinajstić information content (AvgIpc) is 2.21. The van der Waals surface area contributed by atoms with Gasteiger partial charge in [-0.25, -0.2) is 4.79 Å². The van der Waals surface area contributed by atoms with E-state index in [1.165, 1.54) is 31.2 Å². The van der Waals surface area contributed by atoms with E-state index in [0.29, 0.717) is 10.6 Å². The number of hydrogen-bond acceptors (Lipinski definition) is 2. The Morgan fingerprint density at radius 1 is 1.38 bits per heavy atom. The van der Waals surface area contributed by atoms with Gasteiger partial charge in [0.25, 0.3) is 0 Å². The number of alkyl halides is 2. The van der Waals surface area contributed by atoms with Crippen molar-refractivity contribution in [3.8, 4) is 0 Å². The Morgan fingerprint density at radius 2 is 1.94 bits per heavy atom. The minimum Gasteiger partial charge on any atom is -0.462 e. The Bertz CT molecular complexity index is 363. The molecule has 16 heavy (non-hydrogen) atoms. The van der Waals surface area contributed by atoms with E-state index in [4.69, 9.17) is 11.6 Å². The molecule has 0 aliphatic carbocycles. The van der Waals surface area contributed by atoms with Gasteiger partial charge >= 0.3 is 11.9 Å². The van der Waals surface area contributed by atoms with Crippen LogP contribution in [0.2, 0.25) is 5.02 Å². The van der Waals surface area contributed by atoms with Crippen LogP contribution in [-0.4, -0.2) is 18.5 Å². The molecule has 0 unspecified atom stereocenters. The second kappa shape index (κ2) is 5.25. The van der Waals surface area contributed by atoms with E-state index >= 15 is 0 Å². The van der Waals surface area contributed by atoms with Gasteiger partial charge in [0, 0.05) is 11.4 Å². The first-order valence-corrected chi connectivity index (χ1v) is 5.13. The number of benzene rings is 1. The van der Waals surface area contributed by atoms with Crippen LogP contribution < -0.4 is 0 Å². The summed E-state index contributed by atoms with van der Waals surface area (Å²) >= 11 is 5.62. The van der Waals surface area contributed by atoms with Gasteiger partial charge in [0.15, 0.2) is 0 Å². The van der Waals surface area contributed by atoms with Crippen molar-refractivity contribution in [1.29, 1.82) is 0 Å². The van der Waals surface area contributed by atoms with E-state index in [9.17, 15) is 13.6 Å². The lowest BCUT2D eigenvalue weighted by Gasteiger charge is -2.14. The van der Waals surface area contributed by atoms with Crippen LogP contribution in [-0.2, 0) is 16.0 Å². The van der Waals surface area contributed by atoms with Crippen molar-refractivity contribution in [2.75, 3.05) is 6.61 Å². The lowest BCUT2D eigenvalue weighted by Crippen LogP contribution is -2.33. The molecule has 0 heterocycles. The largest absolute Gasteiger partial charge is 0.462 e. The molecule has 0 N–H and O–H groups in total. The van der Waals surface area contributed by atoms with E-state index in [1.54, 1.807) is 0 Å². The van der Waals surface area contributed by atoms with Crippen LogP contribution in [0.25, 0.3) is 0 Å². The molecule has 0 spiro atoms. The normalized spacial score (nSPS) is 11.2. The molecule has 0 aliphatic heterocycles. The first-order chi connectivity index (χ1) is 7.45. The fourth-order valence-electron chi connectivity index (χ4n) is 1.17. The maximum absolute atomic E-state index is 13.3. The summed E-state index contributed by atoms with van der Waals surface area (Å²) in [6.07, 6.45) is -0.678. The molecule has 0 fully saturated rings. The third-order valence-corrected chi connectivity index (χ3v) is 2.17. The second-order valence-electron chi connectivity index (χ2n) is 3.23. The highest BCUT2D eigenvalue weighted by molar-refractivity contribution is 6.30. The summed E-state index contributed by atoms with van der Waals surface area (Å²) in [7, 11) is 0. The third kappa shape index (κ3) is 3.45. The van der Waals surface area contributed by atoms with Crippen molar-refractivity contribution in [1.82, 2.24) is 0 Å². The molecular formula is C11H11ClF2O2. The molecular weight excluding hydrogens is 238 g/mol. The number of carbonyl (C=O) groups is 1. The van der Waals surface area contributed by atoms with Gasteiger partial charge in [-0.2, -0.15) is 8.78 Å². The Balaban J connectivity index is 2.72. The van der Waals surface area contributed by atoms with Crippen LogP contribution >= 0.6 is 11.6 Å². The first kappa shape index (κ1) is 12.9. The lowest BCUT2D eigenvalue weighted by molar-refractivity contribution is -0.171. The van der Waals surface area contributed by atoms with Crippen LogP contribution in [0.4, 0.5) is 8.78 Å². The van der Waals surface area contributed by atoms with E-state index in [2.05, 4.69) is 4.74 Å². The number of esters is 1. The molecule has 0 saturated heterocycles. The van der Waals surface area contributed by atoms with Gasteiger partial charge in [0.2, 0.25) is 0 Å². The zero-order valence-corrected chi connectivity index (χ0v) is 9.43. The topological polar surface area (TPSA) is 26.3 Å². The second-order valence-corrected chi connectivity index (χ2v) is 3.66. The maximum atomic E-state index is 13.3. The molecule has 88 valence electrons. The SMILES string of the molecule is CCOC(=O)C(F)(F)Cc1ccc(Cl)cc1. The smallest absolute Gasteiger partial charge is 0.377 e. The Morgan fingerprint density at radius 3 is 2.44 bits per heavy atom. The van der Waals surface area contributed by atoms with E-state index in [0.717, 1.165) is 0 Å². The predicted molar refractivity (Wildman–Crippen MR) is 56.7 cm³/mol. The Labute approximate surface area is 97.2 Å². The standard InChI is InChI=1S/C11H11ClF2O2/c1-2-16-10(15)11(13,14)7-8-3-5-9(12)6-4-8/h3-6H,2,7H2,1H3. The van der Waals surface area contributed by atoms with Crippen LogP contribution in [0.3, 0.4) is 0 Å². The summed E-state index contributed by atoms with van der Waals surface area (Å²) in [5, 5.41) is 0.461. The van der Waals surface area contributed by atoms with E-state index < -0.39 is 18.3 Å². The van der Waals surface area contributed by atoms with Gasteiger partial charge < -0.3 is 4.74 Å². The Kier molecular flexibility index (Phi) is 4.24. The van der Waals surface area contributed by atoms with Crippen molar-refractivity contribution in [3.05, 3.63) is 34.9 Å². The summed E-state index contributed by atoms with van der Waals surface area (Å²) in [4.78, 5) is 10.9. The minimum absolute atomic E-state index is 0.0605. The summed E-state index contributed by atoms with van der Waals surface area (Å²) in [5.41, 5.74) is 0.336. The highest BCUT2D eigenvalue weighted by atomic mass is 35.5. The van der Waals surface area contributed by atoms with Gasteiger partial charge in [-0.15, -0.1) is 0 Å². The third-order valence-electron chi connectivity index (χ3n) is 1.91. The molecule has 1 aromatic carbocycles. The van der Waals surface area contributed by atoms with Crippen LogP contribution in [0, 0.1) is 0 Å². The highest BCUT2D eigenvalue weighted by Crippen LogP contribution is 2.22. The lowest BCUT2D eigenvalue weighted by atomic mass is 10.1. The van der Waals surface area contributed by atoms with Gasteiger partial charge in [-0.1, -0.05) is 23.7 Å². The minimum atomic E-state index is -3.50. The fraction of sp³-hybridized carbons (Fsp3) is 0.364. The van der Waals surface area contributed by atoms with E-state index in [-0.39, 0.29) is 6.61 Å². The van der Waals surface area contributed by atoms with Crippen molar-refractivity contribution < 1.29 is 18.3 Å². The quantitative estimate of drug-likeness (QED) is 0.766. The van der Waals surface area contributed by atoms with Crippen LogP contribution in [0.1, 0.15) is 12.5 Å². The molecule has 0 aromatic heterocycles. The molecule has 0 radical (unpaired) electrons. The number of rotatable bonds is 4. The molecule has 5 heteroatoms. The molecule has 0 saturated carbocycles. The number of carbonyl (C=O) groups excluding carboxylic acids is 1. The molecule has 0 amide bonds. The molecule has 2 nitrogen and oxygen atoms in total. The van der Waals surface area contributed by atoms with Gasteiger partial charge in [-0.3, -0.25) is 0 Å². The van der Waals surface area contributed by atoms with Crippen molar-refractivity contribution in [2.45, 2.75) is 19.3 Å². The number of hydrogen-bond donors (Lipinski definition) is 0.